The van der Waals surface area contributed by atoms with Crippen LogP contribution in [0.5, 0.6) is 0 Å². The van der Waals surface area contributed by atoms with Crippen molar-refractivity contribution in [3.8, 4) is 0 Å². The quantitative estimate of drug-likeness (QED) is 0.571. The zero-order valence-corrected chi connectivity index (χ0v) is 11.0. The summed E-state index contributed by atoms with van der Waals surface area (Å²) in [4.78, 5) is 11.2. The van der Waals surface area contributed by atoms with Crippen molar-refractivity contribution in [1.29, 1.82) is 0 Å². The molecular formula is C11H19F3N2O. The van der Waals surface area contributed by atoms with Gasteiger partial charge in [-0.15, -0.1) is 0 Å². The molecule has 0 atom stereocenters. The second-order valence-corrected chi connectivity index (χ2v) is 5.16. The Hall–Kier alpha value is -1.07. The van der Waals surface area contributed by atoms with Crippen molar-refractivity contribution in [1.82, 2.24) is 5.01 Å². The van der Waals surface area contributed by atoms with Gasteiger partial charge >= 0.3 is 6.18 Å². The number of hydrogen-bond acceptors (Lipinski definition) is 3. The summed E-state index contributed by atoms with van der Waals surface area (Å²) in [7, 11) is 1.55. The summed E-state index contributed by atoms with van der Waals surface area (Å²) >= 11 is 0. The Balaban J connectivity index is 5.27. The topological polar surface area (TPSA) is 32.7 Å². The average Bonchev–Trinajstić information content (AvgIpc) is 2.08. The molecule has 0 saturated carbocycles. The molecule has 0 spiro atoms. The maximum atomic E-state index is 12.4. The summed E-state index contributed by atoms with van der Waals surface area (Å²) in [5, 5.41) is 5.16. The molecule has 0 aromatic carbocycles. The van der Waals surface area contributed by atoms with Gasteiger partial charge in [0.05, 0.1) is 0 Å². The third-order valence-electron chi connectivity index (χ3n) is 2.27. The first-order chi connectivity index (χ1) is 7.37. The van der Waals surface area contributed by atoms with Crippen LogP contribution in [0.1, 0.15) is 34.6 Å². The van der Waals surface area contributed by atoms with Gasteiger partial charge in [0.15, 0.2) is 0 Å². The lowest BCUT2D eigenvalue weighted by Gasteiger charge is -2.30. The Morgan fingerprint density at radius 2 is 1.59 bits per heavy atom. The Morgan fingerprint density at radius 3 is 1.82 bits per heavy atom. The van der Waals surface area contributed by atoms with Gasteiger partial charge in [-0.3, -0.25) is 9.80 Å². The van der Waals surface area contributed by atoms with Gasteiger partial charge in [-0.25, -0.2) is 0 Å². The van der Waals surface area contributed by atoms with E-state index in [0.717, 1.165) is 0 Å². The Labute approximate surface area is 99.7 Å². The van der Waals surface area contributed by atoms with Crippen LogP contribution in [0, 0.1) is 5.92 Å². The van der Waals surface area contributed by atoms with Gasteiger partial charge in [0, 0.05) is 18.5 Å². The molecule has 0 N–H and O–H groups in total. The molecule has 0 saturated heterocycles. The van der Waals surface area contributed by atoms with E-state index in [9.17, 15) is 18.0 Å². The number of alkyl halides is 3. The number of hydrogen-bond donors (Lipinski definition) is 0. The van der Waals surface area contributed by atoms with Crippen LogP contribution in [0.25, 0.3) is 0 Å². The van der Waals surface area contributed by atoms with Gasteiger partial charge in [0.25, 0.3) is 5.78 Å². The summed E-state index contributed by atoms with van der Waals surface area (Å²) in [6.07, 6.45) is -4.87. The van der Waals surface area contributed by atoms with Gasteiger partial charge in [-0.1, -0.05) is 13.8 Å². The fourth-order valence-electron chi connectivity index (χ4n) is 0.880. The predicted molar refractivity (Wildman–Crippen MR) is 60.9 cm³/mol. The standard InChI is InChI=1S/C11H19F3N2O/c1-7(2)8(9(17)11(12,13)14)15-16(6)10(3,4)5/h7H,1-6H3/b15-8+. The van der Waals surface area contributed by atoms with E-state index in [2.05, 4.69) is 5.10 Å². The predicted octanol–water partition coefficient (Wildman–Crippen LogP) is 2.86. The molecule has 0 radical (unpaired) electrons. The van der Waals surface area contributed by atoms with Crippen molar-refractivity contribution in [3.63, 3.8) is 0 Å². The minimum Gasteiger partial charge on any atom is -0.294 e. The van der Waals surface area contributed by atoms with Crippen molar-refractivity contribution in [2.24, 2.45) is 11.0 Å². The van der Waals surface area contributed by atoms with E-state index in [1.165, 1.54) is 18.9 Å². The molecule has 0 aromatic heterocycles. The van der Waals surface area contributed by atoms with Crippen LogP contribution >= 0.6 is 0 Å². The average molecular weight is 252 g/mol. The molecule has 3 nitrogen and oxygen atoms in total. The molecule has 0 heterocycles. The van der Waals surface area contributed by atoms with E-state index < -0.39 is 29.1 Å². The normalized spacial score (nSPS) is 14.1. The molecule has 0 aliphatic rings. The van der Waals surface area contributed by atoms with Crippen LogP contribution in [-0.4, -0.2) is 35.3 Å². The highest BCUT2D eigenvalue weighted by atomic mass is 19.4. The molecule has 0 unspecified atom stereocenters. The highest BCUT2D eigenvalue weighted by Gasteiger charge is 2.43. The lowest BCUT2D eigenvalue weighted by atomic mass is 10.0. The van der Waals surface area contributed by atoms with E-state index in [4.69, 9.17) is 0 Å². The third kappa shape index (κ3) is 4.75. The zero-order valence-electron chi connectivity index (χ0n) is 11.0. The molecule has 100 valence electrons. The number of rotatable bonds is 3. The number of nitrogens with zero attached hydrogens (tertiary/aromatic N) is 2. The van der Waals surface area contributed by atoms with E-state index in [1.807, 2.05) is 0 Å². The number of halogens is 3. The monoisotopic (exact) mass is 252 g/mol. The number of carbonyl (C=O) groups excluding carboxylic acids is 1. The molecule has 0 amide bonds. The number of Topliss-reactive ketones (excluding diaryl/α,β-unsaturated/α-hetero) is 1. The first kappa shape index (κ1) is 15.9. The maximum Gasteiger partial charge on any atom is 0.456 e. The molecule has 0 fully saturated rings. The number of hydrazone groups is 1. The van der Waals surface area contributed by atoms with Crippen molar-refractivity contribution in [2.45, 2.75) is 46.3 Å². The highest BCUT2D eigenvalue weighted by molar-refractivity contribution is 6.42. The number of ketones is 1. The van der Waals surface area contributed by atoms with Crippen LogP contribution in [-0.2, 0) is 4.79 Å². The van der Waals surface area contributed by atoms with Crippen LogP contribution in [0.2, 0.25) is 0 Å². The van der Waals surface area contributed by atoms with Gasteiger partial charge in [0.2, 0.25) is 0 Å². The highest BCUT2D eigenvalue weighted by Crippen LogP contribution is 2.21. The van der Waals surface area contributed by atoms with Crippen LogP contribution < -0.4 is 0 Å². The summed E-state index contributed by atoms with van der Waals surface area (Å²) in [5.74, 6) is -2.45. The van der Waals surface area contributed by atoms with Crippen LogP contribution in [0.4, 0.5) is 13.2 Å². The smallest absolute Gasteiger partial charge is 0.294 e. The Morgan fingerprint density at radius 1 is 1.18 bits per heavy atom. The fraction of sp³-hybridized carbons (Fsp3) is 0.818. The Bertz CT molecular complexity index is 314. The van der Waals surface area contributed by atoms with Crippen LogP contribution in [0.15, 0.2) is 5.10 Å². The summed E-state index contributed by atoms with van der Waals surface area (Å²) < 4.78 is 37.1. The van der Waals surface area contributed by atoms with Crippen molar-refractivity contribution in [2.75, 3.05) is 7.05 Å². The fourth-order valence-corrected chi connectivity index (χ4v) is 0.880. The van der Waals surface area contributed by atoms with Crippen LogP contribution in [0.3, 0.4) is 0 Å². The third-order valence-corrected chi connectivity index (χ3v) is 2.27. The summed E-state index contributed by atoms with van der Waals surface area (Å²) in [6, 6.07) is 0. The minimum atomic E-state index is -4.87. The van der Waals surface area contributed by atoms with E-state index in [1.54, 1.807) is 27.8 Å². The van der Waals surface area contributed by atoms with Crippen molar-refractivity contribution >= 4 is 11.5 Å². The van der Waals surface area contributed by atoms with Gasteiger partial charge in [-0.05, 0) is 20.8 Å². The van der Waals surface area contributed by atoms with Crippen molar-refractivity contribution < 1.29 is 18.0 Å². The summed E-state index contributed by atoms with van der Waals surface area (Å²) in [6.45, 7) is 8.42. The molecule has 0 aliphatic heterocycles. The second kappa shape index (κ2) is 5.06. The van der Waals surface area contributed by atoms with E-state index in [-0.39, 0.29) is 0 Å². The van der Waals surface area contributed by atoms with Gasteiger partial charge < -0.3 is 0 Å². The van der Waals surface area contributed by atoms with Crippen molar-refractivity contribution in [3.05, 3.63) is 0 Å². The lowest BCUT2D eigenvalue weighted by Crippen LogP contribution is -2.39. The summed E-state index contributed by atoms with van der Waals surface area (Å²) in [5.41, 5.74) is -0.902. The van der Waals surface area contributed by atoms with E-state index >= 15 is 0 Å². The van der Waals surface area contributed by atoms with Gasteiger partial charge in [0.1, 0.15) is 5.71 Å². The first-order valence-corrected chi connectivity index (χ1v) is 5.31. The van der Waals surface area contributed by atoms with Gasteiger partial charge in [-0.2, -0.15) is 18.3 Å². The molecule has 0 bridgehead atoms. The zero-order chi connectivity index (χ0) is 14.0. The first-order valence-electron chi connectivity index (χ1n) is 5.31. The molecule has 0 rings (SSSR count). The number of carbonyl (C=O) groups is 1. The molecule has 0 aromatic rings. The molecular weight excluding hydrogens is 233 g/mol. The SMILES string of the molecule is CC(C)/C(=N\N(C)C(C)(C)C)C(=O)C(F)(F)F. The van der Waals surface area contributed by atoms with E-state index in [0.29, 0.717) is 0 Å². The Kier molecular flexibility index (Phi) is 4.74. The molecule has 0 aliphatic carbocycles. The molecule has 17 heavy (non-hydrogen) atoms. The molecule has 6 heteroatoms. The lowest BCUT2D eigenvalue weighted by molar-refractivity contribution is -0.163. The maximum absolute atomic E-state index is 12.4. The largest absolute Gasteiger partial charge is 0.456 e. The minimum absolute atomic E-state index is 0.438. The second-order valence-electron chi connectivity index (χ2n) is 5.16.